The zero-order chi connectivity index (χ0) is 12.8. The molecular weight excluding hydrogens is 244 g/mol. The van der Waals surface area contributed by atoms with Gasteiger partial charge in [-0.2, -0.15) is 5.10 Å². The Kier molecular flexibility index (Phi) is 4.96. The van der Waals surface area contributed by atoms with Gasteiger partial charge in [-0.1, -0.05) is 18.5 Å². The summed E-state index contributed by atoms with van der Waals surface area (Å²) in [4.78, 5) is 22.8. The summed E-state index contributed by atoms with van der Waals surface area (Å²) in [7, 11) is 1.53. The van der Waals surface area contributed by atoms with Gasteiger partial charge in [0.15, 0.2) is 0 Å². The van der Waals surface area contributed by atoms with E-state index in [0.29, 0.717) is 12.2 Å². The summed E-state index contributed by atoms with van der Waals surface area (Å²) in [6.45, 7) is 2.52. The van der Waals surface area contributed by atoms with Crippen LogP contribution in [0.4, 0.5) is 5.69 Å². The van der Waals surface area contributed by atoms with Gasteiger partial charge in [0.2, 0.25) is 5.91 Å². The van der Waals surface area contributed by atoms with Crippen LogP contribution in [0.1, 0.15) is 13.3 Å². The molecule has 1 heterocycles. The molecule has 1 aromatic rings. The molecular formula is C10H15ClN4O2. The topological polar surface area (TPSA) is 76.0 Å². The van der Waals surface area contributed by atoms with Gasteiger partial charge in [0.25, 0.3) is 5.56 Å². The molecule has 0 bridgehead atoms. The number of carbonyl (C=O) groups is 1. The molecule has 0 radical (unpaired) electrons. The van der Waals surface area contributed by atoms with Crippen molar-refractivity contribution in [3.05, 3.63) is 21.6 Å². The van der Waals surface area contributed by atoms with E-state index in [0.717, 1.165) is 6.42 Å². The molecule has 17 heavy (non-hydrogen) atoms. The van der Waals surface area contributed by atoms with Crippen molar-refractivity contribution >= 4 is 23.2 Å². The van der Waals surface area contributed by atoms with Gasteiger partial charge in [-0.15, -0.1) is 0 Å². The van der Waals surface area contributed by atoms with E-state index < -0.39 is 0 Å². The van der Waals surface area contributed by atoms with E-state index >= 15 is 0 Å². The van der Waals surface area contributed by atoms with Crippen LogP contribution in [0, 0.1) is 0 Å². The summed E-state index contributed by atoms with van der Waals surface area (Å²) in [6, 6.07) is 0. The molecule has 0 atom stereocenters. The third-order valence-corrected chi connectivity index (χ3v) is 2.50. The molecule has 0 aliphatic rings. The molecule has 7 heteroatoms. The lowest BCUT2D eigenvalue weighted by Crippen LogP contribution is -2.28. The summed E-state index contributed by atoms with van der Waals surface area (Å²) >= 11 is 5.89. The second-order valence-corrected chi connectivity index (χ2v) is 3.81. The Hall–Kier alpha value is -1.56. The number of halogens is 1. The number of rotatable bonds is 5. The first-order valence-corrected chi connectivity index (χ1v) is 5.68. The highest BCUT2D eigenvalue weighted by Gasteiger charge is 2.09. The summed E-state index contributed by atoms with van der Waals surface area (Å²) in [5.74, 6) is -0.196. The first kappa shape index (κ1) is 13.5. The Labute approximate surface area is 104 Å². The molecule has 0 aliphatic heterocycles. The Morgan fingerprint density at radius 3 is 2.88 bits per heavy atom. The molecule has 94 valence electrons. The fourth-order valence-corrected chi connectivity index (χ4v) is 1.44. The third-order valence-electron chi connectivity index (χ3n) is 2.14. The van der Waals surface area contributed by atoms with Crippen molar-refractivity contribution in [2.75, 3.05) is 18.9 Å². The van der Waals surface area contributed by atoms with Crippen LogP contribution in [0.2, 0.25) is 5.02 Å². The third kappa shape index (κ3) is 3.45. The Morgan fingerprint density at radius 1 is 1.59 bits per heavy atom. The monoisotopic (exact) mass is 258 g/mol. The largest absolute Gasteiger partial charge is 0.373 e. The number of aromatic nitrogens is 2. The zero-order valence-electron chi connectivity index (χ0n) is 9.79. The molecule has 0 aromatic carbocycles. The van der Waals surface area contributed by atoms with E-state index in [9.17, 15) is 9.59 Å². The minimum Gasteiger partial charge on any atom is -0.373 e. The molecule has 6 nitrogen and oxygen atoms in total. The molecule has 1 aromatic heterocycles. The fraction of sp³-hybridized carbons (Fsp3) is 0.500. The number of hydrogen-bond donors (Lipinski definition) is 2. The second kappa shape index (κ2) is 6.24. The van der Waals surface area contributed by atoms with Gasteiger partial charge in [0, 0.05) is 13.6 Å². The SMILES string of the molecule is CCCn1ncc(NCC(=O)NC)c(Cl)c1=O. The zero-order valence-corrected chi connectivity index (χ0v) is 10.5. The second-order valence-electron chi connectivity index (χ2n) is 3.43. The lowest BCUT2D eigenvalue weighted by Gasteiger charge is -2.08. The van der Waals surface area contributed by atoms with Crippen molar-refractivity contribution in [1.29, 1.82) is 0 Å². The van der Waals surface area contributed by atoms with Gasteiger partial charge in [-0.05, 0) is 6.42 Å². The summed E-state index contributed by atoms with van der Waals surface area (Å²) in [5, 5.41) is 9.22. The molecule has 0 unspecified atom stereocenters. The lowest BCUT2D eigenvalue weighted by atomic mass is 10.4. The van der Waals surface area contributed by atoms with Crippen LogP contribution >= 0.6 is 11.6 Å². The van der Waals surface area contributed by atoms with Gasteiger partial charge in [-0.3, -0.25) is 9.59 Å². The van der Waals surface area contributed by atoms with Crippen molar-refractivity contribution in [2.24, 2.45) is 0 Å². The molecule has 1 amide bonds. The normalized spacial score (nSPS) is 10.1. The Morgan fingerprint density at radius 2 is 2.29 bits per heavy atom. The maximum Gasteiger partial charge on any atom is 0.287 e. The average Bonchev–Trinajstić information content (AvgIpc) is 2.34. The Balaban J connectivity index is 2.85. The quantitative estimate of drug-likeness (QED) is 0.805. The van der Waals surface area contributed by atoms with Crippen LogP contribution in [0.15, 0.2) is 11.0 Å². The molecule has 0 spiro atoms. The van der Waals surface area contributed by atoms with Gasteiger partial charge >= 0.3 is 0 Å². The Bertz CT molecular complexity index is 458. The van der Waals surface area contributed by atoms with Crippen molar-refractivity contribution in [3.8, 4) is 0 Å². The average molecular weight is 259 g/mol. The molecule has 2 N–H and O–H groups in total. The van der Waals surface area contributed by atoms with Crippen LogP contribution in [0.5, 0.6) is 0 Å². The van der Waals surface area contributed by atoms with E-state index in [1.165, 1.54) is 17.9 Å². The highest BCUT2D eigenvalue weighted by Crippen LogP contribution is 2.14. The predicted molar refractivity (Wildman–Crippen MR) is 66.4 cm³/mol. The number of aryl methyl sites for hydroxylation is 1. The maximum absolute atomic E-state index is 11.7. The molecule has 0 saturated carbocycles. The first-order valence-electron chi connectivity index (χ1n) is 5.30. The lowest BCUT2D eigenvalue weighted by molar-refractivity contribution is -0.118. The first-order chi connectivity index (χ1) is 8.10. The highest BCUT2D eigenvalue weighted by atomic mass is 35.5. The molecule has 0 aliphatic carbocycles. The van der Waals surface area contributed by atoms with Crippen molar-refractivity contribution in [3.63, 3.8) is 0 Å². The van der Waals surface area contributed by atoms with Crippen LogP contribution in [-0.2, 0) is 11.3 Å². The van der Waals surface area contributed by atoms with E-state index in [1.54, 1.807) is 0 Å². The number of nitrogens with one attached hydrogen (secondary N) is 2. The van der Waals surface area contributed by atoms with Gasteiger partial charge in [0.1, 0.15) is 5.02 Å². The number of anilines is 1. The standard InChI is InChI=1S/C10H15ClN4O2/c1-3-4-15-10(17)9(11)7(5-14-15)13-6-8(16)12-2/h5,13H,3-4,6H2,1-2H3,(H,12,16). The van der Waals surface area contributed by atoms with Crippen molar-refractivity contribution < 1.29 is 4.79 Å². The highest BCUT2D eigenvalue weighted by molar-refractivity contribution is 6.33. The van der Waals surface area contributed by atoms with Crippen molar-refractivity contribution in [1.82, 2.24) is 15.1 Å². The number of nitrogens with zero attached hydrogens (tertiary/aromatic N) is 2. The van der Waals surface area contributed by atoms with E-state index in [2.05, 4.69) is 15.7 Å². The van der Waals surface area contributed by atoms with E-state index in [-0.39, 0.29) is 23.0 Å². The van der Waals surface area contributed by atoms with Crippen LogP contribution in [-0.4, -0.2) is 29.3 Å². The van der Waals surface area contributed by atoms with Gasteiger partial charge < -0.3 is 10.6 Å². The van der Waals surface area contributed by atoms with Gasteiger partial charge in [0.05, 0.1) is 18.4 Å². The number of likely N-dealkylation sites (N-methyl/N-ethyl adjacent to an activating group) is 1. The van der Waals surface area contributed by atoms with Crippen LogP contribution in [0.25, 0.3) is 0 Å². The molecule has 0 saturated heterocycles. The van der Waals surface area contributed by atoms with Crippen LogP contribution in [0.3, 0.4) is 0 Å². The number of amides is 1. The summed E-state index contributed by atoms with van der Waals surface area (Å²) < 4.78 is 1.30. The van der Waals surface area contributed by atoms with Gasteiger partial charge in [-0.25, -0.2) is 4.68 Å². The number of hydrogen-bond acceptors (Lipinski definition) is 4. The maximum atomic E-state index is 11.7. The molecule has 1 rings (SSSR count). The number of carbonyl (C=O) groups excluding carboxylic acids is 1. The van der Waals surface area contributed by atoms with E-state index in [4.69, 9.17) is 11.6 Å². The van der Waals surface area contributed by atoms with E-state index in [1.807, 2.05) is 6.92 Å². The predicted octanol–water partition coefficient (Wildman–Crippen LogP) is 0.465. The smallest absolute Gasteiger partial charge is 0.287 e. The van der Waals surface area contributed by atoms with Crippen LogP contribution < -0.4 is 16.2 Å². The van der Waals surface area contributed by atoms with Crippen molar-refractivity contribution in [2.45, 2.75) is 19.9 Å². The minimum absolute atomic E-state index is 0.0507. The summed E-state index contributed by atoms with van der Waals surface area (Å²) in [5.41, 5.74) is 0.0167. The summed E-state index contributed by atoms with van der Waals surface area (Å²) in [6.07, 6.45) is 2.25. The fourth-order valence-electron chi connectivity index (χ4n) is 1.22. The minimum atomic E-state index is -0.351. The molecule has 0 fully saturated rings.